The Hall–Kier alpha value is -2.34. The second-order valence-electron chi connectivity index (χ2n) is 6.30. The van der Waals surface area contributed by atoms with Crippen LogP contribution in [-0.2, 0) is 28.8 Å². The minimum absolute atomic E-state index is 0.283. The Kier molecular flexibility index (Phi) is 5.61. The number of fused-ring (bicyclic) bond motifs is 1. The first-order valence-corrected chi connectivity index (χ1v) is 9.64. The molecule has 26 heavy (non-hydrogen) atoms. The number of anilines is 1. The zero-order chi connectivity index (χ0) is 18.7. The molecule has 1 aromatic heterocycles. The Morgan fingerprint density at radius 3 is 2.62 bits per heavy atom. The molecule has 138 valence electrons. The summed E-state index contributed by atoms with van der Waals surface area (Å²) in [6.45, 7) is 3.78. The molecule has 1 N–H and O–H groups in total. The fraction of sp³-hybridized carbons (Fsp3) is 0.400. The van der Waals surface area contributed by atoms with Crippen molar-refractivity contribution in [1.82, 2.24) is 0 Å². The molecule has 0 aliphatic heterocycles. The summed E-state index contributed by atoms with van der Waals surface area (Å²) in [4.78, 5) is 25.9. The van der Waals surface area contributed by atoms with E-state index in [1.807, 2.05) is 24.3 Å². The van der Waals surface area contributed by atoms with Crippen LogP contribution in [0.3, 0.4) is 0 Å². The van der Waals surface area contributed by atoms with Crippen molar-refractivity contribution < 1.29 is 19.1 Å². The highest BCUT2D eigenvalue weighted by atomic mass is 32.1. The van der Waals surface area contributed by atoms with Gasteiger partial charge in [0.15, 0.2) is 6.10 Å². The Morgan fingerprint density at radius 1 is 1.23 bits per heavy atom. The second kappa shape index (κ2) is 7.91. The lowest BCUT2D eigenvalue weighted by Crippen LogP contribution is -2.30. The monoisotopic (exact) mass is 373 g/mol. The number of amides is 1. The van der Waals surface area contributed by atoms with Crippen molar-refractivity contribution in [2.75, 3.05) is 12.4 Å². The zero-order valence-electron chi connectivity index (χ0n) is 15.3. The van der Waals surface area contributed by atoms with Crippen LogP contribution in [0.2, 0.25) is 0 Å². The predicted octanol–water partition coefficient (Wildman–Crippen LogP) is 3.99. The van der Waals surface area contributed by atoms with Gasteiger partial charge in [-0.05, 0) is 55.9 Å². The van der Waals surface area contributed by atoms with Gasteiger partial charge in [-0.3, -0.25) is 4.79 Å². The van der Waals surface area contributed by atoms with Gasteiger partial charge in [-0.15, -0.1) is 11.3 Å². The standard InChI is InChI=1S/C20H23NO4S/c1-4-13-8-10-14(11-9-13)25-12(2)18(22)21-19-17(20(23)24-3)15-6-5-7-16(15)26-19/h8-12H,4-7H2,1-3H3,(H,21,22)/t12-/m1/s1. The lowest BCUT2D eigenvalue weighted by molar-refractivity contribution is -0.122. The summed E-state index contributed by atoms with van der Waals surface area (Å²) in [5.74, 6) is -0.0372. The molecule has 1 aliphatic carbocycles. The number of benzene rings is 1. The number of thiophene rings is 1. The molecule has 1 heterocycles. The number of rotatable bonds is 6. The average Bonchev–Trinajstić information content (AvgIpc) is 3.22. The topological polar surface area (TPSA) is 64.6 Å². The van der Waals surface area contributed by atoms with E-state index in [9.17, 15) is 9.59 Å². The molecule has 2 aromatic rings. The molecular formula is C20H23NO4S. The molecular weight excluding hydrogens is 350 g/mol. The van der Waals surface area contributed by atoms with Crippen molar-refractivity contribution in [3.63, 3.8) is 0 Å². The van der Waals surface area contributed by atoms with E-state index in [4.69, 9.17) is 9.47 Å². The fourth-order valence-electron chi connectivity index (χ4n) is 3.09. The molecule has 1 atom stereocenters. The lowest BCUT2D eigenvalue weighted by Gasteiger charge is -2.15. The normalized spacial score (nSPS) is 13.8. The van der Waals surface area contributed by atoms with E-state index in [1.165, 1.54) is 24.0 Å². The van der Waals surface area contributed by atoms with Crippen molar-refractivity contribution in [2.24, 2.45) is 0 Å². The molecule has 6 heteroatoms. The molecule has 1 aliphatic rings. The maximum atomic E-state index is 12.5. The van der Waals surface area contributed by atoms with E-state index in [0.29, 0.717) is 16.3 Å². The van der Waals surface area contributed by atoms with Gasteiger partial charge in [-0.2, -0.15) is 0 Å². The van der Waals surface area contributed by atoms with E-state index in [2.05, 4.69) is 12.2 Å². The number of carbonyl (C=O) groups excluding carboxylic acids is 2. The van der Waals surface area contributed by atoms with Crippen LogP contribution < -0.4 is 10.1 Å². The quantitative estimate of drug-likeness (QED) is 0.778. The average molecular weight is 373 g/mol. The molecule has 0 saturated heterocycles. The van der Waals surface area contributed by atoms with E-state index >= 15 is 0 Å². The molecule has 1 aromatic carbocycles. The molecule has 3 rings (SSSR count). The minimum Gasteiger partial charge on any atom is -0.481 e. The molecule has 0 bridgehead atoms. The zero-order valence-corrected chi connectivity index (χ0v) is 16.1. The molecule has 0 unspecified atom stereocenters. The first-order chi connectivity index (χ1) is 12.5. The highest BCUT2D eigenvalue weighted by Crippen LogP contribution is 2.39. The SMILES string of the molecule is CCc1ccc(O[C@H](C)C(=O)Nc2sc3c(c2C(=O)OC)CCC3)cc1. The number of carbonyl (C=O) groups is 2. The molecule has 1 amide bonds. The number of aryl methyl sites for hydroxylation is 2. The van der Waals surface area contributed by atoms with Crippen molar-refractivity contribution in [2.45, 2.75) is 45.6 Å². The number of hydrogen-bond donors (Lipinski definition) is 1. The van der Waals surface area contributed by atoms with Gasteiger partial charge in [-0.25, -0.2) is 4.79 Å². The third-order valence-electron chi connectivity index (χ3n) is 4.56. The van der Waals surface area contributed by atoms with Crippen LogP contribution in [0, 0.1) is 0 Å². The first kappa shape index (κ1) is 18.5. The maximum absolute atomic E-state index is 12.5. The Morgan fingerprint density at radius 2 is 1.96 bits per heavy atom. The second-order valence-corrected chi connectivity index (χ2v) is 7.41. The summed E-state index contributed by atoms with van der Waals surface area (Å²) in [5, 5.41) is 3.41. The smallest absolute Gasteiger partial charge is 0.341 e. The molecule has 0 fully saturated rings. The Labute approximate surface area is 157 Å². The summed E-state index contributed by atoms with van der Waals surface area (Å²) in [7, 11) is 1.36. The van der Waals surface area contributed by atoms with Crippen LogP contribution in [0.25, 0.3) is 0 Å². The van der Waals surface area contributed by atoms with Crippen molar-refractivity contribution in [3.05, 3.63) is 45.8 Å². The number of hydrogen-bond acceptors (Lipinski definition) is 5. The Balaban J connectivity index is 1.72. The van der Waals surface area contributed by atoms with Gasteiger partial charge in [0.1, 0.15) is 10.8 Å². The van der Waals surface area contributed by atoms with Crippen molar-refractivity contribution >= 4 is 28.2 Å². The van der Waals surface area contributed by atoms with Crippen LogP contribution in [0.4, 0.5) is 5.00 Å². The summed E-state index contributed by atoms with van der Waals surface area (Å²) in [6.07, 6.45) is 3.10. The highest BCUT2D eigenvalue weighted by Gasteiger charge is 2.29. The lowest BCUT2D eigenvalue weighted by atomic mass is 10.1. The van der Waals surface area contributed by atoms with Gasteiger partial charge in [0, 0.05) is 4.88 Å². The van der Waals surface area contributed by atoms with Crippen LogP contribution in [0.15, 0.2) is 24.3 Å². The maximum Gasteiger partial charge on any atom is 0.341 e. The third-order valence-corrected chi connectivity index (χ3v) is 5.77. The Bertz CT molecular complexity index is 810. The van der Waals surface area contributed by atoms with Gasteiger partial charge >= 0.3 is 5.97 Å². The van der Waals surface area contributed by atoms with E-state index in [0.717, 1.165) is 36.1 Å². The number of ether oxygens (including phenoxy) is 2. The van der Waals surface area contributed by atoms with E-state index < -0.39 is 12.1 Å². The molecule has 5 nitrogen and oxygen atoms in total. The largest absolute Gasteiger partial charge is 0.481 e. The third kappa shape index (κ3) is 3.75. The van der Waals surface area contributed by atoms with Crippen LogP contribution in [0.5, 0.6) is 5.75 Å². The summed E-state index contributed by atoms with van der Waals surface area (Å²) < 4.78 is 10.6. The van der Waals surface area contributed by atoms with Crippen LogP contribution in [0.1, 0.15) is 46.6 Å². The predicted molar refractivity (Wildman–Crippen MR) is 102 cm³/mol. The molecule has 0 radical (unpaired) electrons. The van der Waals surface area contributed by atoms with Gasteiger partial charge in [0.2, 0.25) is 0 Å². The van der Waals surface area contributed by atoms with Gasteiger partial charge in [0.25, 0.3) is 5.91 Å². The van der Waals surface area contributed by atoms with Crippen LogP contribution in [-0.4, -0.2) is 25.1 Å². The summed E-state index contributed by atoms with van der Waals surface area (Å²) in [6, 6.07) is 7.70. The van der Waals surface area contributed by atoms with Gasteiger partial charge in [-0.1, -0.05) is 19.1 Å². The van der Waals surface area contributed by atoms with Gasteiger partial charge < -0.3 is 14.8 Å². The molecule has 0 saturated carbocycles. The van der Waals surface area contributed by atoms with Crippen molar-refractivity contribution in [3.8, 4) is 5.75 Å². The first-order valence-electron chi connectivity index (χ1n) is 8.82. The molecule has 0 spiro atoms. The van der Waals surface area contributed by atoms with Gasteiger partial charge in [0.05, 0.1) is 12.7 Å². The summed E-state index contributed by atoms with van der Waals surface area (Å²) in [5.41, 5.74) is 2.73. The minimum atomic E-state index is -0.676. The van der Waals surface area contributed by atoms with E-state index in [-0.39, 0.29) is 5.91 Å². The van der Waals surface area contributed by atoms with Crippen LogP contribution >= 0.6 is 11.3 Å². The van der Waals surface area contributed by atoms with E-state index in [1.54, 1.807) is 6.92 Å². The highest BCUT2D eigenvalue weighted by molar-refractivity contribution is 7.17. The van der Waals surface area contributed by atoms with Crippen molar-refractivity contribution in [1.29, 1.82) is 0 Å². The number of nitrogens with one attached hydrogen (secondary N) is 1. The number of esters is 1. The summed E-state index contributed by atoms with van der Waals surface area (Å²) >= 11 is 1.46. The number of methoxy groups -OCH3 is 1. The fourth-order valence-corrected chi connectivity index (χ4v) is 4.37.